The van der Waals surface area contributed by atoms with Crippen molar-refractivity contribution in [1.29, 1.82) is 0 Å². The second kappa shape index (κ2) is 5.46. The lowest BCUT2D eigenvalue weighted by Gasteiger charge is -2.43. The van der Waals surface area contributed by atoms with Crippen LogP contribution >= 0.6 is 0 Å². The van der Waals surface area contributed by atoms with Crippen LogP contribution in [-0.4, -0.2) is 35.7 Å². The van der Waals surface area contributed by atoms with Crippen molar-refractivity contribution in [3.8, 4) is 0 Å². The van der Waals surface area contributed by atoms with E-state index in [1.54, 1.807) is 0 Å². The van der Waals surface area contributed by atoms with Gasteiger partial charge in [0.05, 0.1) is 6.61 Å². The summed E-state index contributed by atoms with van der Waals surface area (Å²) in [4.78, 5) is 2.40. The number of benzene rings is 1. The van der Waals surface area contributed by atoms with Gasteiger partial charge in [-0.3, -0.25) is 4.90 Å². The summed E-state index contributed by atoms with van der Waals surface area (Å²) in [5, 5.41) is 9.44. The third-order valence-corrected chi connectivity index (χ3v) is 3.60. The minimum atomic E-state index is 0.269. The van der Waals surface area contributed by atoms with E-state index >= 15 is 0 Å². The lowest BCUT2D eigenvalue weighted by molar-refractivity contribution is 0.0229. The van der Waals surface area contributed by atoms with E-state index in [1.165, 1.54) is 12.0 Å². The average molecular weight is 219 g/mol. The highest BCUT2D eigenvalue weighted by Crippen LogP contribution is 2.22. The van der Waals surface area contributed by atoms with Crippen molar-refractivity contribution in [3.05, 3.63) is 35.9 Å². The Hall–Kier alpha value is -0.860. The molecule has 2 nitrogen and oxygen atoms in total. The van der Waals surface area contributed by atoms with Crippen molar-refractivity contribution in [2.75, 3.05) is 19.7 Å². The molecule has 1 aliphatic rings. The molecule has 1 saturated heterocycles. The van der Waals surface area contributed by atoms with Gasteiger partial charge in [-0.1, -0.05) is 43.7 Å². The Bertz CT molecular complexity index is 306. The number of hydrogen-bond donors (Lipinski definition) is 1. The topological polar surface area (TPSA) is 23.5 Å². The lowest BCUT2D eigenvalue weighted by Crippen LogP contribution is -2.53. The molecule has 0 amide bonds. The Labute approximate surface area is 97.9 Å². The summed E-state index contributed by atoms with van der Waals surface area (Å²) in [5.41, 5.74) is 1.32. The van der Waals surface area contributed by atoms with Crippen LogP contribution in [0.15, 0.2) is 30.3 Å². The number of aliphatic hydroxyl groups is 1. The summed E-state index contributed by atoms with van der Waals surface area (Å²) in [5.74, 6) is 0.852. The van der Waals surface area contributed by atoms with E-state index in [-0.39, 0.29) is 6.61 Å². The number of aliphatic hydroxyl groups excluding tert-OH is 1. The predicted molar refractivity (Wildman–Crippen MR) is 66.4 cm³/mol. The number of rotatable bonds is 5. The Morgan fingerprint density at radius 2 is 2.00 bits per heavy atom. The van der Waals surface area contributed by atoms with E-state index in [0.29, 0.717) is 6.04 Å². The van der Waals surface area contributed by atoms with Crippen molar-refractivity contribution >= 4 is 0 Å². The maximum atomic E-state index is 9.44. The molecule has 1 fully saturated rings. The maximum absolute atomic E-state index is 9.44. The fourth-order valence-electron chi connectivity index (χ4n) is 2.36. The molecule has 1 aliphatic heterocycles. The van der Waals surface area contributed by atoms with Crippen LogP contribution in [-0.2, 0) is 6.42 Å². The van der Waals surface area contributed by atoms with Crippen LogP contribution in [0.5, 0.6) is 0 Å². The Balaban J connectivity index is 1.87. The van der Waals surface area contributed by atoms with Gasteiger partial charge in [-0.25, -0.2) is 0 Å². The first-order chi connectivity index (χ1) is 7.83. The van der Waals surface area contributed by atoms with Crippen LogP contribution in [0.4, 0.5) is 0 Å². The summed E-state index contributed by atoms with van der Waals surface area (Å²) in [6, 6.07) is 10.8. The molecule has 0 spiro atoms. The number of likely N-dealkylation sites (tertiary alicyclic amines) is 1. The molecule has 0 bridgehead atoms. The van der Waals surface area contributed by atoms with Crippen LogP contribution < -0.4 is 0 Å². The molecule has 16 heavy (non-hydrogen) atoms. The summed E-state index contributed by atoms with van der Waals surface area (Å²) in [6.07, 6.45) is 2.23. The summed E-state index contributed by atoms with van der Waals surface area (Å²) in [7, 11) is 0. The first kappa shape index (κ1) is 11.6. The molecule has 1 atom stereocenters. The van der Waals surface area contributed by atoms with E-state index in [1.807, 2.05) is 6.07 Å². The molecule has 1 heterocycles. The smallest absolute Gasteiger partial charge is 0.0590 e. The van der Waals surface area contributed by atoms with Crippen molar-refractivity contribution in [2.24, 2.45) is 5.92 Å². The molecular weight excluding hydrogens is 198 g/mol. The van der Waals surface area contributed by atoms with Crippen molar-refractivity contribution < 1.29 is 5.11 Å². The standard InChI is InChI=1S/C14H21NO/c1-2-12-9-15(10-12)14(11-16)8-13-6-4-3-5-7-13/h3-7,12,14,16H,2,8-11H2,1H3. The minimum absolute atomic E-state index is 0.269. The van der Waals surface area contributed by atoms with Gasteiger partial charge in [0, 0.05) is 19.1 Å². The molecule has 2 rings (SSSR count). The molecule has 1 aromatic rings. The lowest BCUT2D eigenvalue weighted by atomic mass is 9.93. The van der Waals surface area contributed by atoms with E-state index in [2.05, 4.69) is 36.1 Å². The van der Waals surface area contributed by atoms with Crippen molar-refractivity contribution in [1.82, 2.24) is 4.90 Å². The monoisotopic (exact) mass is 219 g/mol. The molecule has 1 aromatic carbocycles. The second-order valence-corrected chi connectivity index (χ2v) is 4.75. The quantitative estimate of drug-likeness (QED) is 0.818. The second-order valence-electron chi connectivity index (χ2n) is 4.75. The Morgan fingerprint density at radius 3 is 2.56 bits per heavy atom. The highest BCUT2D eigenvalue weighted by Gasteiger charge is 2.30. The fourth-order valence-corrected chi connectivity index (χ4v) is 2.36. The predicted octanol–water partition coefficient (Wildman–Crippen LogP) is 1.93. The van der Waals surface area contributed by atoms with Crippen LogP contribution in [0, 0.1) is 5.92 Å². The van der Waals surface area contributed by atoms with Gasteiger partial charge in [-0.2, -0.15) is 0 Å². The number of nitrogens with zero attached hydrogens (tertiary/aromatic N) is 1. The highest BCUT2D eigenvalue weighted by molar-refractivity contribution is 5.16. The van der Waals surface area contributed by atoms with Crippen LogP contribution in [0.1, 0.15) is 18.9 Å². The summed E-state index contributed by atoms with van der Waals surface area (Å²) >= 11 is 0. The van der Waals surface area contributed by atoms with Gasteiger partial charge >= 0.3 is 0 Å². The van der Waals surface area contributed by atoms with Crippen LogP contribution in [0.25, 0.3) is 0 Å². The first-order valence-corrected chi connectivity index (χ1v) is 6.22. The van der Waals surface area contributed by atoms with Gasteiger partial charge in [0.15, 0.2) is 0 Å². The average Bonchev–Trinajstić information content (AvgIpc) is 2.27. The largest absolute Gasteiger partial charge is 0.395 e. The molecule has 1 N–H and O–H groups in total. The van der Waals surface area contributed by atoms with Gasteiger partial charge in [-0.05, 0) is 17.9 Å². The van der Waals surface area contributed by atoms with E-state index in [4.69, 9.17) is 0 Å². The summed E-state index contributed by atoms with van der Waals surface area (Å²) < 4.78 is 0. The zero-order valence-corrected chi connectivity index (χ0v) is 9.97. The zero-order chi connectivity index (χ0) is 11.4. The third-order valence-electron chi connectivity index (χ3n) is 3.60. The van der Waals surface area contributed by atoms with Crippen molar-refractivity contribution in [3.63, 3.8) is 0 Å². The van der Waals surface area contributed by atoms with Gasteiger partial charge in [0.1, 0.15) is 0 Å². The third kappa shape index (κ3) is 2.63. The Kier molecular flexibility index (Phi) is 3.97. The first-order valence-electron chi connectivity index (χ1n) is 6.22. The minimum Gasteiger partial charge on any atom is -0.395 e. The normalized spacial score (nSPS) is 19.4. The molecule has 1 unspecified atom stereocenters. The van der Waals surface area contributed by atoms with Gasteiger partial charge in [0.25, 0.3) is 0 Å². The SMILES string of the molecule is CCC1CN(C(CO)Cc2ccccc2)C1. The molecular formula is C14H21NO. The van der Waals surface area contributed by atoms with Gasteiger partial charge in [-0.15, -0.1) is 0 Å². The number of hydrogen-bond acceptors (Lipinski definition) is 2. The molecule has 0 aromatic heterocycles. The van der Waals surface area contributed by atoms with Crippen LogP contribution in [0.3, 0.4) is 0 Å². The molecule has 2 heteroatoms. The molecule has 88 valence electrons. The molecule has 0 radical (unpaired) electrons. The van der Waals surface area contributed by atoms with Crippen LogP contribution in [0.2, 0.25) is 0 Å². The van der Waals surface area contributed by atoms with Gasteiger partial charge in [0.2, 0.25) is 0 Å². The maximum Gasteiger partial charge on any atom is 0.0590 e. The Morgan fingerprint density at radius 1 is 1.31 bits per heavy atom. The molecule has 0 aliphatic carbocycles. The summed E-state index contributed by atoms with van der Waals surface area (Å²) in [6.45, 7) is 4.83. The van der Waals surface area contributed by atoms with E-state index < -0.39 is 0 Å². The van der Waals surface area contributed by atoms with E-state index in [9.17, 15) is 5.11 Å². The molecule has 0 saturated carbocycles. The van der Waals surface area contributed by atoms with Gasteiger partial charge < -0.3 is 5.11 Å². The highest BCUT2D eigenvalue weighted by atomic mass is 16.3. The fraction of sp³-hybridized carbons (Fsp3) is 0.571. The van der Waals surface area contributed by atoms with E-state index in [0.717, 1.165) is 25.4 Å². The van der Waals surface area contributed by atoms with Crippen molar-refractivity contribution in [2.45, 2.75) is 25.8 Å². The zero-order valence-electron chi connectivity index (χ0n) is 9.97.